The Kier molecular flexibility index (Phi) is 6.95. The van der Waals surface area contributed by atoms with Crippen molar-refractivity contribution in [2.75, 3.05) is 54.0 Å². The Morgan fingerprint density at radius 3 is 2.43 bits per heavy atom. The summed E-state index contributed by atoms with van der Waals surface area (Å²) < 4.78 is 39.0. The molecule has 1 aromatic carbocycles. The molecule has 0 spiro atoms. The van der Waals surface area contributed by atoms with E-state index in [0.29, 0.717) is 18.0 Å². The second kappa shape index (κ2) is 9.23. The zero-order valence-corrected chi connectivity index (χ0v) is 18.1. The van der Waals surface area contributed by atoms with Crippen LogP contribution in [0.4, 0.5) is 0 Å². The number of hydrogen-bond donors (Lipinski definition) is 1. The van der Waals surface area contributed by atoms with E-state index in [-0.39, 0.29) is 10.9 Å². The topological polar surface area (TPSA) is 71.1 Å². The fraction of sp³-hybridized carbons (Fsp3) is 0.474. The molecule has 0 unspecified atom stereocenters. The first-order valence-corrected chi connectivity index (χ1v) is 11.5. The largest absolute Gasteiger partial charge is 0.493 e. The second-order valence-corrected chi connectivity index (χ2v) is 9.33. The van der Waals surface area contributed by atoms with Gasteiger partial charge in [0.05, 0.1) is 19.1 Å². The van der Waals surface area contributed by atoms with Gasteiger partial charge in [-0.1, -0.05) is 0 Å². The quantitative estimate of drug-likeness (QED) is 0.698. The van der Waals surface area contributed by atoms with E-state index in [1.54, 1.807) is 17.4 Å². The number of ether oxygens (including phenoxy) is 2. The molecule has 7 nitrogen and oxygen atoms in total. The summed E-state index contributed by atoms with van der Waals surface area (Å²) in [5, 5.41) is 4.12. The SMILES string of the molecule is COc1ccc(S(=O)(=O)NC[C@@H](c2ccsc2)N2CCN(C)CC2)cc1OC. The van der Waals surface area contributed by atoms with Gasteiger partial charge in [0, 0.05) is 44.8 Å². The van der Waals surface area contributed by atoms with Gasteiger partial charge >= 0.3 is 0 Å². The van der Waals surface area contributed by atoms with Crippen molar-refractivity contribution in [1.82, 2.24) is 14.5 Å². The van der Waals surface area contributed by atoms with E-state index in [9.17, 15) is 8.42 Å². The summed E-state index contributed by atoms with van der Waals surface area (Å²) in [5.74, 6) is 0.883. The standard InChI is InChI=1S/C19H27N3O4S2/c1-21-7-9-22(10-8-21)17(15-6-11-27-14-15)13-20-28(23,24)16-4-5-18(25-2)19(12-16)26-3/h4-6,11-12,14,17,20H,7-10,13H2,1-3H3/t17-/m0/s1. The summed E-state index contributed by atoms with van der Waals surface area (Å²) >= 11 is 1.63. The lowest BCUT2D eigenvalue weighted by Crippen LogP contribution is -2.48. The molecule has 1 aliphatic rings. The summed E-state index contributed by atoms with van der Waals surface area (Å²) in [5.41, 5.74) is 1.14. The average molecular weight is 426 g/mol. The second-order valence-electron chi connectivity index (χ2n) is 6.78. The Balaban J connectivity index is 1.77. The predicted octanol–water partition coefficient (Wildman–Crippen LogP) is 2.03. The third-order valence-electron chi connectivity index (χ3n) is 5.04. The van der Waals surface area contributed by atoms with E-state index in [1.165, 1.54) is 26.4 Å². The van der Waals surface area contributed by atoms with Crippen LogP contribution in [0.25, 0.3) is 0 Å². The maximum atomic E-state index is 12.9. The van der Waals surface area contributed by atoms with Crippen molar-refractivity contribution in [3.05, 3.63) is 40.6 Å². The molecule has 1 saturated heterocycles. The molecule has 1 aromatic heterocycles. The van der Waals surface area contributed by atoms with Gasteiger partial charge in [0.1, 0.15) is 0 Å². The average Bonchev–Trinajstić information content (AvgIpc) is 3.23. The van der Waals surface area contributed by atoms with E-state index < -0.39 is 10.0 Å². The molecule has 28 heavy (non-hydrogen) atoms. The van der Waals surface area contributed by atoms with Crippen molar-refractivity contribution in [3.8, 4) is 11.5 Å². The third kappa shape index (κ3) is 4.84. The van der Waals surface area contributed by atoms with E-state index in [0.717, 1.165) is 31.7 Å². The van der Waals surface area contributed by atoms with Crippen LogP contribution in [-0.2, 0) is 10.0 Å². The van der Waals surface area contributed by atoms with E-state index in [1.807, 2.05) is 5.38 Å². The lowest BCUT2D eigenvalue weighted by Gasteiger charge is -2.37. The van der Waals surface area contributed by atoms with Crippen LogP contribution in [0.3, 0.4) is 0 Å². The van der Waals surface area contributed by atoms with Gasteiger partial charge in [0.25, 0.3) is 0 Å². The molecule has 1 aliphatic heterocycles. The Labute approximate surface area is 170 Å². The first-order valence-electron chi connectivity index (χ1n) is 9.11. The zero-order chi connectivity index (χ0) is 20.1. The van der Waals surface area contributed by atoms with Crippen LogP contribution in [0.15, 0.2) is 39.9 Å². The van der Waals surface area contributed by atoms with Gasteiger partial charge < -0.3 is 14.4 Å². The molecule has 2 aromatic rings. The smallest absolute Gasteiger partial charge is 0.240 e. The highest BCUT2D eigenvalue weighted by molar-refractivity contribution is 7.89. The molecule has 0 amide bonds. The van der Waals surface area contributed by atoms with Gasteiger partial charge in [0.2, 0.25) is 10.0 Å². The lowest BCUT2D eigenvalue weighted by atomic mass is 10.1. The molecule has 0 bridgehead atoms. The molecule has 3 rings (SSSR count). The van der Waals surface area contributed by atoms with Crippen molar-refractivity contribution < 1.29 is 17.9 Å². The molecule has 1 N–H and O–H groups in total. The van der Waals surface area contributed by atoms with Crippen molar-refractivity contribution in [1.29, 1.82) is 0 Å². The van der Waals surface area contributed by atoms with Crippen LogP contribution < -0.4 is 14.2 Å². The van der Waals surface area contributed by atoms with Crippen LogP contribution >= 0.6 is 11.3 Å². The Morgan fingerprint density at radius 1 is 1.11 bits per heavy atom. The first kappa shape index (κ1) is 21.1. The van der Waals surface area contributed by atoms with Gasteiger partial charge in [-0.15, -0.1) is 0 Å². The molecule has 1 fully saturated rings. The number of rotatable bonds is 8. The Morgan fingerprint density at radius 2 is 1.82 bits per heavy atom. The minimum absolute atomic E-state index is 0.00914. The number of benzene rings is 1. The Bertz CT molecular complexity index is 863. The number of piperazine rings is 1. The van der Waals surface area contributed by atoms with Crippen LogP contribution in [0, 0.1) is 0 Å². The van der Waals surface area contributed by atoms with Gasteiger partial charge in [-0.05, 0) is 41.6 Å². The molecule has 0 radical (unpaired) electrons. The van der Waals surface area contributed by atoms with E-state index >= 15 is 0 Å². The van der Waals surface area contributed by atoms with Crippen molar-refractivity contribution in [3.63, 3.8) is 0 Å². The fourth-order valence-electron chi connectivity index (χ4n) is 3.31. The number of hydrogen-bond acceptors (Lipinski definition) is 7. The number of methoxy groups -OCH3 is 2. The molecule has 9 heteroatoms. The molecule has 2 heterocycles. The molecular formula is C19H27N3O4S2. The van der Waals surface area contributed by atoms with Crippen LogP contribution in [0.1, 0.15) is 11.6 Å². The van der Waals surface area contributed by atoms with E-state index in [2.05, 4.69) is 33.0 Å². The predicted molar refractivity (Wildman–Crippen MR) is 111 cm³/mol. The first-order chi connectivity index (χ1) is 13.4. The summed E-state index contributed by atoms with van der Waals surface area (Å²) in [6, 6.07) is 6.69. The molecule has 154 valence electrons. The molecule has 0 saturated carbocycles. The number of nitrogens with zero attached hydrogens (tertiary/aromatic N) is 2. The van der Waals surface area contributed by atoms with Gasteiger partial charge in [-0.25, -0.2) is 13.1 Å². The number of nitrogens with one attached hydrogen (secondary N) is 1. The van der Waals surface area contributed by atoms with E-state index in [4.69, 9.17) is 9.47 Å². The number of likely N-dealkylation sites (N-methyl/N-ethyl adjacent to an activating group) is 1. The van der Waals surface area contributed by atoms with Crippen molar-refractivity contribution in [2.24, 2.45) is 0 Å². The van der Waals surface area contributed by atoms with Crippen LogP contribution in [0.2, 0.25) is 0 Å². The van der Waals surface area contributed by atoms with Gasteiger partial charge in [-0.2, -0.15) is 11.3 Å². The highest BCUT2D eigenvalue weighted by Crippen LogP contribution is 2.30. The Hall–Kier alpha value is -1.65. The summed E-state index contributed by atoms with van der Waals surface area (Å²) in [6.45, 7) is 4.09. The number of sulfonamides is 1. The monoisotopic (exact) mass is 425 g/mol. The van der Waals surface area contributed by atoms with Gasteiger partial charge in [-0.3, -0.25) is 4.90 Å². The highest BCUT2D eigenvalue weighted by Gasteiger charge is 2.26. The van der Waals surface area contributed by atoms with Crippen molar-refractivity contribution >= 4 is 21.4 Å². The molecule has 0 aliphatic carbocycles. The summed E-state index contributed by atoms with van der Waals surface area (Å²) in [6.07, 6.45) is 0. The van der Waals surface area contributed by atoms with Crippen LogP contribution in [0.5, 0.6) is 11.5 Å². The summed E-state index contributed by atoms with van der Waals surface area (Å²) in [7, 11) is 1.44. The minimum atomic E-state index is -3.67. The van der Waals surface area contributed by atoms with Crippen molar-refractivity contribution in [2.45, 2.75) is 10.9 Å². The van der Waals surface area contributed by atoms with Crippen LogP contribution in [-0.4, -0.2) is 72.2 Å². The van der Waals surface area contributed by atoms with Gasteiger partial charge in [0.15, 0.2) is 11.5 Å². The highest BCUT2D eigenvalue weighted by atomic mass is 32.2. The zero-order valence-electron chi connectivity index (χ0n) is 16.4. The maximum Gasteiger partial charge on any atom is 0.240 e. The molecule has 1 atom stereocenters. The fourth-order valence-corrected chi connectivity index (χ4v) is 5.07. The normalized spacial score (nSPS) is 17.4. The maximum absolute atomic E-state index is 12.9. The summed E-state index contributed by atoms with van der Waals surface area (Å²) in [4.78, 5) is 4.79. The minimum Gasteiger partial charge on any atom is -0.493 e. The number of thiophene rings is 1. The lowest BCUT2D eigenvalue weighted by molar-refractivity contribution is 0.113. The molecular weight excluding hydrogens is 398 g/mol. The third-order valence-corrected chi connectivity index (χ3v) is 7.16.